The van der Waals surface area contributed by atoms with E-state index >= 15 is 0 Å². The summed E-state index contributed by atoms with van der Waals surface area (Å²) in [5.74, 6) is -0.254. The highest BCUT2D eigenvalue weighted by molar-refractivity contribution is 5.69. The number of esters is 1. The first-order valence-corrected chi connectivity index (χ1v) is 15.7. The fourth-order valence-corrected chi connectivity index (χ4v) is 3.66. The molecular formula is C31H62O9. The van der Waals surface area contributed by atoms with E-state index in [-0.39, 0.29) is 12.4 Å². The van der Waals surface area contributed by atoms with Crippen LogP contribution in [0.5, 0.6) is 0 Å². The normalized spacial score (nSPS) is 11.8. The summed E-state index contributed by atoms with van der Waals surface area (Å²) in [5, 5.41) is 0. The molecule has 0 saturated heterocycles. The lowest BCUT2D eigenvalue weighted by molar-refractivity contribution is -0.156. The van der Waals surface area contributed by atoms with Gasteiger partial charge < -0.3 is 37.9 Å². The molecule has 0 rings (SSSR count). The van der Waals surface area contributed by atoms with E-state index < -0.39 is 5.60 Å². The van der Waals surface area contributed by atoms with Gasteiger partial charge in [-0.1, -0.05) is 64.7 Å². The van der Waals surface area contributed by atoms with Crippen LogP contribution in [0.4, 0.5) is 0 Å². The van der Waals surface area contributed by atoms with Gasteiger partial charge in [-0.25, -0.2) is 0 Å². The monoisotopic (exact) mass is 578 g/mol. The Labute approximate surface area is 245 Å². The van der Waals surface area contributed by atoms with Crippen molar-refractivity contribution in [1.82, 2.24) is 0 Å². The van der Waals surface area contributed by atoms with Gasteiger partial charge in [-0.15, -0.1) is 0 Å². The zero-order valence-electron chi connectivity index (χ0n) is 26.4. The average molecular weight is 579 g/mol. The van der Waals surface area contributed by atoms with E-state index in [1.807, 2.05) is 20.8 Å². The minimum atomic E-state index is -0.462. The van der Waals surface area contributed by atoms with Gasteiger partial charge in [0.1, 0.15) is 5.60 Å². The highest BCUT2D eigenvalue weighted by Crippen LogP contribution is 2.10. The molecule has 0 radical (unpaired) electrons. The Hall–Kier alpha value is -0.810. The van der Waals surface area contributed by atoms with Gasteiger partial charge in [0.2, 0.25) is 0 Å². The molecule has 0 atom stereocenters. The molecule has 0 amide bonds. The maximum atomic E-state index is 11.5. The summed E-state index contributed by atoms with van der Waals surface area (Å²) in [7, 11) is 0. The number of unbranched alkanes of at least 4 members (excludes halogenated alkanes) is 9. The van der Waals surface area contributed by atoms with Gasteiger partial charge in [-0.2, -0.15) is 0 Å². The lowest BCUT2D eigenvalue weighted by Crippen LogP contribution is -2.24. The van der Waals surface area contributed by atoms with Crippen LogP contribution < -0.4 is 0 Å². The van der Waals surface area contributed by atoms with E-state index in [0.29, 0.717) is 85.9 Å². The summed E-state index contributed by atoms with van der Waals surface area (Å²) >= 11 is 0. The molecule has 0 aromatic heterocycles. The highest BCUT2D eigenvalue weighted by atomic mass is 16.6. The number of rotatable bonds is 32. The fraction of sp³-hybridized carbons (Fsp3) is 0.968. The summed E-state index contributed by atoms with van der Waals surface area (Å²) in [6.07, 6.45) is 13.7. The fourth-order valence-electron chi connectivity index (χ4n) is 3.66. The second-order valence-corrected chi connectivity index (χ2v) is 10.8. The topological polar surface area (TPSA) is 90.9 Å². The van der Waals surface area contributed by atoms with Crippen molar-refractivity contribution in [2.24, 2.45) is 0 Å². The van der Waals surface area contributed by atoms with Crippen molar-refractivity contribution in [2.75, 3.05) is 92.5 Å². The number of hydrogen-bond donors (Lipinski definition) is 0. The molecule has 0 aliphatic rings. The number of carbonyl (C=O) groups excluding carboxylic acids is 1. The molecule has 0 spiro atoms. The molecule has 0 N–H and O–H groups in total. The van der Waals surface area contributed by atoms with Crippen molar-refractivity contribution < 1.29 is 42.7 Å². The lowest BCUT2D eigenvalue weighted by atomic mass is 10.1. The Morgan fingerprint density at radius 1 is 0.425 bits per heavy atom. The molecule has 9 nitrogen and oxygen atoms in total. The molecule has 40 heavy (non-hydrogen) atoms. The zero-order valence-corrected chi connectivity index (χ0v) is 26.4. The quantitative estimate of drug-likeness (QED) is 0.0730. The maximum Gasteiger partial charge on any atom is 0.308 e. The van der Waals surface area contributed by atoms with Crippen molar-refractivity contribution in [1.29, 1.82) is 0 Å². The molecule has 9 heteroatoms. The minimum Gasteiger partial charge on any atom is -0.460 e. The minimum absolute atomic E-state index is 0.244. The Bertz CT molecular complexity index is 512. The third-order valence-electron chi connectivity index (χ3n) is 5.74. The first kappa shape index (κ1) is 39.2. The summed E-state index contributed by atoms with van der Waals surface area (Å²) in [6.45, 7) is 15.3. The van der Waals surface area contributed by atoms with Crippen LogP contribution in [-0.4, -0.2) is 104 Å². The molecule has 0 heterocycles. The van der Waals surface area contributed by atoms with Crippen molar-refractivity contribution >= 4 is 5.97 Å². The molecule has 0 aliphatic heterocycles. The Balaban J connectivity index is 3.09. The van der Waals surface area contributed by atoms with Gasteiger partial charge in [-0.3, -0.25) is 4.79 Å². The van der Waals surface area contributed by atoms with E-state index in [9.17, 15) is 4.79 Å². The summed E-state index contributed by atoms with van der Waals surface area (Å²) in [5.41, 5.74) is -0.462. The summed E-state index contributed by atoms with van der Waals surface area (Å²) in [4.78, 5) is 11.5. The van der Waals surface area contributed by atoms with Crippen LogP contribution in [0.15, 0.2) is 0 Å². The second kappa shape index (κ2) is 31.1. The van der Waals surface area contributed by atoms with Crippen LogP contribution >= 0.6 is 0 Å². The van der Waals surface area contributed by atoms with Gasteiger partial charge >= 0.3 is 5.97 Å². The highest BCUT2D eigenvalue weighted by Gasteiger charge is 2.15. The van der Waals surface area contributed by atoms with Gasteiger partial charge in [-0.05, 0) is 27.2 Å². The number of ether oxygens (including phenoxy) is 8. The van der Waals surface area contributed by atoms with Gasteiger partial charge in [0, 0.05) is 6.61 Å². The van der Waals surface area contributed by atoms with E-state index in [1.54, 1.807) is 0 Å². The van der Waals surface area contributed by atoms with E-state index in [1.165, 1.54) is 57.8 Å². The van der Waals surface area contributed by atoms with Crippen molar-refractivity contribution in [3.05, 3.63) is 0 Å². The Morgan fingerprint density at radius 3 is 1.07 bits per heavy atom. The van der Waals surface area contributed by atoms with Gasteiger partial charge in [0.05, 0.1) is 92.3 Å². The van der Waals surface area contributed by atoms with E-state index in [2.05, 4.69) is 6.92 Å². The first-order chi connectivity index (χ1) is 19.5. The van der Waals surface area contributed by atoms with Crippen molar-refractivity contribution in [3.63, 3.8) is 0 Å². The van der Waals surface area contributed by atoms with Crippen LogP contribution in [-0.2, 0) is 42.7 Å². The van der Waals surface area contributed by atoms with Crippen LogP contribution in [0.2, 0.25) is 0 Å². The van der Waals surface area contributed by atoms with Crippen LogP contribution in [0.3, 0.4) is 0 Å². The molecule has 0 unspecified atom stereocenters. The van der Waals surface area contributed by atoms with Crippen LogP contribution in [0.1, 0.15) is 98.3 Å². The van der Waals surface area contributed by atoms with Crippen LogP contribution in [0, 0.1) is 0 Å². The molecule has 0 aliphatic carbocycles. The smallest absolute Gasteiger partial charge is 0.308 e. The molecule has 0 aromatic rings. The predicted molar refractivity (Wildman–Crippen MR) is 158 cm³/mol. The summed E-state index contributed by atoms with van der Waals surface area (Å²) in [6, 6.07) is 0. The molecule has 0 bridgehead atoms. The molecule has 0 saturated carbocycles. The largest absolute Gasteiger partial charge is 0.460 e. The number of carbonyl (C=O) groups is 1. The maximum absolute atomic E-state index is 11.5. The molecular weight excluding hydrogens is 516 g/mol. The SMILES string of the molecule is CCCCCCCCCCCCOCCOCCOCCOCCOCCOCCOCCC(=O)OC(C)(C)C. The Kier molecular flexibility index (Phi) is 30.5. The van der Waals surface area contributed by atoms with Crippen molar-refractivity contribution in [3.8, 4) is 0 Å². The van der Waals surface area contributed by atoms with Gasteiger partial charge in [0.15, 0.2) is 0 Å². The predicted octanol–water partition coefficient (Wildman–Crippen LogP) is 5.76. The summed E-state index contributed by atoms with van der Waals surface area (Å²) < 4.78 is 43.6. The molecule has 240 valence electrons. The van der Waals surface area contributed by atoms with Gasteiger partial charge in [0.25, 0.3) is 0 Å². The number of hydrogen-bond acceptors (Lipinski definition) is 9. The van der Waals surface area contributed by atoms with Crippen molar-refractivity contribution in [2.45, 2.75) is 104 Å². The third kappa shape index (κ3) is 35.2. The van der Waals surface area contributed by atoms with E-state index in [4.69, 9.17) is 37.9 Å². The second-order valence-electron chi connectivity index (χ2n) is 10.8. The zero-order chi connectivity index (χ0) is 29.4. The third-order valence-corrected chi connectivity index (χ3v) is 5.74. The molecule has 0 fully saturated rings. The lowest BCUT2D eigenvalue weighted by Gasteiger charge is -2.19. The standard InChI is InChI=1S/C31H62O9/c1-5-6-7-8-9-10-11-12-13-14-16-33-18-20-35-22-24-37-26-28-39-29-27-38-25-23-36-21-19-34-17-15-30(32)40-31(2,3)4/h5-29H2,1-4H3. The molecule has 0 aromatic carbocycles. The van der Waals surface area contributed by atoms with Crippen LogP contribution in [0.25, 0.3) is 0 Å². The first-order valence-electron chi connectivity index (χ1n) is 15.7. The Morgan fingerprint density at radius 2 is 0.725 bits per heavy atom. The average Bonchev–Trinajstić information content (AvgIpc) is 2.90. The van der Waals surface area contributed by atoms with E-state index in [0.717, 1.165) is 13.0 Å².